The number of nitrogens with zero attached hydrogens (tertiary/aromatic N) is 5. The van der Waals surface area contributed by atoms with E-state index in [1.165, 1.54) is 24.3 Å². The summed E-state index contributed by atoms with van der Waals surface area (Å²) in [6, 6.07) is 7.23. The fourth-order valence-electron chi connectivity index (χ4n) is 2.63. The molecule has 2 N–H and O–H groups in total. The number of nitrogen functional groups attached to an aromatic ring is 1. The summed E-state index contributed by atoms with van der Waals surface area (Å²) < 4.78 is 0. The third-order valence-electron chi connectivity index (χ3n) is 3.91. The number of aromatic nitrogens is 2. The van der Waals surface area contributed by atoms with Crippen LogP contribution >= 0.6 is 11.6 Å². The molecule has 0 saturated carbocycles. The number of hydrogen-bond donors (Lipinski definition) is 1. The van der Waals surface area contributed by atoms with Crippen LogP contribution in [0.25, 0.3) is 0 Å². The predicted octanol–water partition coefficient (Wildman–Crippen LogP) is 1.58. The summed E-state index contributed by atoms with van der Waals surface area (Å²) in [7, 11) is 0. The predicted molar refractivity (Wildman–Crippen MR) is 92.7 cm³/mol. The fraction of sp³-hybridized carbons (Fsp3) is 0.267. The molecule has 0 bridgehead atoms. The molecule has 0 unspecified atom stereocenters. The summed E-state index contributed by atoms with van der Waals surface area (Å²) in [4.78, 5) is 34.3. The van der Waals surface area contributed by atoms with E-state index in [-0.39, 0.29) is 22.7 Å². The Hall–Kier alpha value is -2.94. The Labute approximate surface area is 148 Å². The molecule has 1 aliphatic heterocycles. The fourth-order valence-corrected chi connectivity index (χ4v) is 2.82. The molecule has 1 fully saturated rings. The van der Waals surface area contributed by atoms with Gasteiger partial charge in [-0.05, 0) is 12.1 Å². The minimum atomic E-state index is -0.494. The van der Waals surface area contributed by atoms with Crippen molar-refractivity contribution in [3.8, 4) is 0 Å². The van der Waals surface area contributed by atoms with Crippen molar-refractivity contribution >= 4 is 35.0 Å². The molecule has 1 aromatic heterocycles. The van der Waals surface area contributed by atoms with Gasteiger partial charge in [0, 0.05) is 49.9 Å². The van der Waals surface area contributed by atoms with Crippen molar-refractivity contribution in [3.05, 3.63) is 51.2 Å². The molecule has 0 spiro atoms. The first kappa shape index (κ1) is 16.9. The largest absolute Gasteiger partial charge is 0.368 e. The highest BCUT2D eigenvalue weighted by atomic mass is 35.5. The number of halogens is 1. The van der Waals surface area contributed by atoms with Gasteiger partial charge in [0.2, 0.25) is 5.95 Å². The van der Waals surface area contributed by atoms with Gasteiger partial charge in [0.15, 0.2) is 0 Å². The van der Waals surface area contributed by atoms with Crippen LogP contribution in [0.15, 0.2) is 30.3 Å². The number of amides is 1. The molecule has 25 heavy (non-hydrogen) atoms. The van der Waals surface area contributed by atoms with Crippen LogP contribution < -0.4 is 10.6 Å². The molecule has 10 heteroatoms. The van der Waals surface area contributed by atoms with Crippen LogP contribution in [0.5, 0.6) is 0 Å². The van der Waals surface area contributed by atoms with Gasteiger partial charge in [-0.15, -0.1) is 0 Å². The van der Waals surface area contributed by atoms with E-state index in [1.54, 1.807) is 11.0 Å². The Morgan fingerprint density at radius 2 is 1.80 bits per heavy atom. The van der Waals surface area contributed by atoms with Crippen LogP contribution in [0.3, 0.4) is 0 Å². The molecule has 2 heterocycles. The molecular weight excluding hydrogens is 348 g/mol. The molecular formula is C15H15ClN6O3. The number of nitro groups is 1. The molecule has 0 atom stereocenters. The third kappa shape index (κ3) is 3.77. The molecule has 0 aliphatic carbocycles. The number of nitrogens with two attached hydrogens (primary N) is 1. The van der Waals surface area contributed by atoms with E-state index in [1.807, 2.05) is 4.90 Å². The Balaban J connectivity index is 1.65. The van der Waals surface area contributed by atoms with Crippen LogP contribution in [0.2, 0.25) is 5.15 Å². The van der Waals surface area contributed by atoms with E-state index in [9.17, 15) is 14.9 Å². The lowest BCUT2D eigenvalue weighted by Gasteiger charge is -2.35. The summed E-state index contributed by atoms with van der Waals surface area (Å²) >= 11 is 5.89. The van der Waals surface area contributed by atoms with Crippen molar-refractivity contribution in [1.82, 2.24) is 14.9 Å². The van der Waals surface area contributed by atoms with Crippen LogP contribution in [0, 0.1) is 10.1 Å². The second-order valence-electron chi connectivity index (χ2n) is 5.49. The summed E-state index contributed by atoms with van der Waals surface area (Å²) in [5.74, 6) is 0.571. The zero-order chi connectivity index (χ0) is 18.0. The number of carbonyl (C=O) groups is 1. The van der Waals surface area contributed by atoms with Crippen molar-refractivity contribution in [1.29, 1.82) is 0 Å². The van der Waals surface area contributed by atoms with Crippen LogP contribution in [-0.2, 0) is 0 Å². The number of anilines is 2. The highest BCUT2D eigenvalue weighted by Gasteiger charge is 2.23. The average molecular weight is 363 g/mol. The van der Waals surface area contributed by atoms with Crippen LogP contribution in [0.4, 0.5) is 17.5 Å². The average Bonchev–Trinajstić information content (AvgIpc) is 2.60. The number of nitro benzene ring substituents is 1. The number of hydrogen-bond acceptors (Lipinski definition) is 7. The van der Waals surface area contributed by atoms with Crippen molar-refractivity contribution in [2.75, 3.05) is 36.8 Å². The van der Waals surface area contributed by atoms with E-state index < -0.39 is 4.92 Å². The molecule has 0 radical (unpaired) electrons. The van der Waals surface area contributed by atoms with Gasteiger partial charge in [-0.1, -0.05) is 11.6 Å². The number of benzene rings is 1. The maximum Gasteiger partial charge on any atom is 0.269 e. The lowest BCUT2D eigenvalue weighted by molar-refractivity contribution is -0.384. The van der Waals surface area contributed by atoms with E-state index in [2.05, 4.69) is 9.97 Å². The first-order valence-corrected chi connectivity index (χ1v) is 7.90. The standard InChI is InChI=1S/C15H15ClN6O3/c16-12-9-13(19-15(17)18-12)20-5-7-21(8-6-20)14(23)10-1-3-11(4-2-10)22(24)25/h1-4,9H,5-8H2,(H2,17,18,19). The molecule has 1 aromatic carbocycles. The second kappa shape index (κ2) is 6.89. The number of piperazine rings is 1. The zero-order valence-electron chi connectivity index (χ0n) is 13.1. The van der Waals surface area contributed by atoms with Crippen LogP contribution in [0.1, 0.15) is 10.4 Å². The lowest BCUT2D eigenvalue weighted by atomic mass is 10.1. The summed E-state index contributed by atoms with van der Waals surface area (Å²) in [5.41, 5.74) is 5.99. The highest BCUT2D eigenvalue weighted by molar-refractivity contribution is 6.29. The zero-order valence-corrected chi connectivity index (χ0v) is 13.9. The monoisotopic (exact) mass is 362 g/mol. The molecule has 9 nitrogen and oxygen atoms in total. The van der Waals surface area contributed by atoms with Crippen molar-refractivity contribution < 1.29 is 9.72 Å². The maximum atomic E-state index is 12.5. The molecule has 1 amide bonds. The maximum absolute atomic E-state index is 12.5. The topological polar surface area (TPSA) is 118 Å². The van der Waals surface area contributed by atoms with Gasteiger partial charge in [0.05, 0.1) is 4.92 Å². The van der Waals surface area contributed by atoms with E-state index >= 15 is 0 Å². The van der Waals surface area contributed by atoms with Crippen molar-refractivity contribution in [2.24, 2.45) is 0 Å². The number of carbonyl (C=O) groups excluding carboxylic acids is 1. The molecule has 3 rings (SSSR count). The molecule has 130 valence electrons. The summed E-state index contributed by atoms with van der Waals surface area (Å²) in [6.45, 7) is 2.14. The van der Waals surface area contributed by atoms with Gasteiger partial charge in [-0.2, -0.15) is 4.98 Å². The summed E-state index contributed by atoms with van der Waals surface area (Å²) in [5, 5.41) is 10.9. The van der Waals surface area contributed by atoms with Crippen molar-refractivity contribution in [3.63, 3.8) is 0 Å². The van der Waals surface area contributed by atoms with Crippen molar-refractivity contribution in [2.45, 2.75) is 0 Å². The minimum Gasteiger partial charge on any atom is -0.368 e. The van der Waals surface area contributed by atoms with E-state index in [0.29, 0.717) is 37.6 Å². The molecule has 2 aromatic rings. The Morgan fingerprint density at radius 3 is 2.36 bits per heavy atom. The SMILES string of the molecule is Nc1nc(Cl)cc(N2CCN(C(=O)c3ccc([N+](=O)[O-])cc3)CC2)n1. The molecule has 1 aliphatic rings. The van der Waals surface area contributed by atoms with Crippen LogP contribution in [-0.4, -0.2) is 51.9 Å². The normalized spacial score (nSPS) is 14.4. The van der Waals surface area contributed by atoms with Gasteiger partial charge in [-0.25, -0.2) is 4.98 Å². The molecule has 1 saturated heterocycles. The number of non-ortho nitro benzene ring substituents is 1. The van der Waals surface area contributed by atoms with Gasteiger partial charge < -0.3 is 15.5 Å². The summed E-state index contributed by atoms with van der Waals surface area (Å²) in [6.07, 6.45) is 0. The quantitative estimate of drug-likeness (QED) is 0.500. The van der Waals surface area contributed by atoms with E-state index in [4.69, 9.17) is 17.3 Å². The van der Waals surface area contributed by atoms with Gasteiger partial charge in [0.25, 0.3) is 11.6 Å². The minimum absolute atomic E-state index is 0.0420. The van der Waals surface area contributed by atoms with Gasteiger partial charge in [-0.3, -0.25) is 14.9 Å². The lowest BCUT2D eigenvalue weighted by Crippen LogP contribution is -2.49. The Morgan fingerprint density at radius 1 is 1.16 bits per heavy atom. The second-order valence-corrected chi connectivity index (χ2v) is 5.88. The highest BCUT2D eigenvalue weighted by Crippen LogP contribution is 2.20. The Bertz CT molecular complexity index is 785. The Kier molecular flexibility index (Phi) is 4.66. The third-order valence-corrected chi connectivity index (χ3v) is 4.11. The smallest absolute Gasteiger partial charge is 0.269 e. The first-order chi connectivity index (χ1) is 11.9. The van der Waals surface area contributed by atoms with Gasteiger partial charge in [0.1, 0.15) is 11.0 Å². The number of rotatable bonds is 3. The first-order valence-electron chi connectivity index (χ1n) is 7.53. The van der Waals surface area contributed by atoms with Gasteiger partial charge >= 0.3 is 0 Å². The van der Waals surface area contributed by atoms with E-state index in [0.717, 1.165) is 0 Å².